The minimum absolute atomic E-state index is 0.0300. The summed E-state index contributed by atoms with van der Waals surface area (Å²) in [6.45, 7) is 5.22. The number of carbonyl (C=O) groups excluding carboxylic acids is 1. The summed E-state index contributed by atoms with van der Waals surface area (Å²) in [6, 6.07) is 10.7. The Hall–Kier alpha value is -1.72. The zero-order valence-corrected chi connectivity index (χ0v) is 16.2. The summed E-state index contributed by atoms with van der Waals surface area (Å²) in [4.78, 5) is 20.9. The maximum absolute atomic E-state index is 12.9. The fourth-order valence-electron chi connectivity index (χ4n) is 4.49. The number of carbonyl (C=O) groups is 1. The zero-order chi connectivity index (χ0) is 17.9. The zero-order valence-electron chi connectivity index (χ0n) is 15.4. The van der Waals surface area contributed by atoms with Crippen LogP contribution in [-0.2, 0) is 0 Å². The van der Waals surface area contributed by atoms with Gasteiger partial charge in [0.1, 0.15) is 4.88 Å². The van der Waals surface area contributed by atoms with E-state index in [0.717, 1.165) is 27.7 Å². The topological polar surface area (TPSA) is 45.2 Å². The van der Waals surface area contributed by atoms with Crippen LogP contribution in [0.1, 0.15) is 46.8 Å². The first-order valence-electron chi connectivity index (χ1n) is 9.77. The molecule has 1 amide bonds. The van der Waals surface area contributed by atoms with E-state index in [1.807, 2.05) is 37.3 Å². The first kappa shape index (κ1) is 17.7. The van der Waals surface area contributed by atoms with E-state index in [2.05, 4.69) is 15.2 Å². The van der Waals surface area contributed by atoms with Gasteiger partial charge in [0.2, 0.25) is 0 Å². The molecule has 2 saturated heterocycles. The Labute approximate surface area is 159 Å². The van der Waals surface area contributed by atoms with Crippen LogP contribution in [0.15, 0.2) is 30.3 Å². The lowest BCUT2D eigenvalue weighted by Gasteiger charge is -2.44. The number of fused-ring (bicyclic) bond motifs is 1. The Morgan fingerprint density at radius 2 is 2.00 bits per heavy atom. The predicted octanol–water partition coefficient (Wildman–Crippen LogP) is 4.11. The van der Waals surface area contributed by atoms with Crippen LogP contribution >= 0.6 is 11.3 Å². The normalized spacial score (nSPS) is 23.4. The standard InChI is InChI=1S/C21H27N3OS/c1-15-23-19(16-8-3-2-4-9-16)20(26-15)21(25)22-14-17-10-7-13-24-12-6-5-11-18(17)24/h2-4,8-9,17-18H,5-7,10-14H2,1H3,(H,22,25)/t17-,18+/m0/s1. The number of rotatable bonds is 4. The van der Waals surface area contributed by atoms with E-state index in [-0.39, 0.29) is 5.91 Å². The van der Waals surface area contributed by atoms with Crippen LogP contribution in [-0.4, -0.2) is 41.5 Å². The largest absolute Gasteiger partial charge is 0.351 e. The second kappa shape index (κ2) is 7.89. The van der Waals surface area contributed by atoms with Crippen molar-refractivity contribution in [3.05, 3.63) is 40.2 Å². The fourth-order valence-corrected chi connectivity index (χ4v) is 5.35. The Kier molecular flexibility index (Phi) is 5.36. The molecule has 2 aliphatic rings. The molecule has 0 radical (unpaired) electrons. The third-order valence-corrected chi connectivity index (χ3v) is 6.71. The second-order valence-electron chi connectivity index (χ2n) is 7.49. The Morgan fingerprint density at radius 3 is 2.85 bits per heavy atom. The monoisotopic (exact) mass is 369 g/mol. The van der Waals surface area contributed by atoms with Gasteiger partial charge in [0.25, 0.3) is 5.91 Å². The number of amides is 1. The second-order valence-corrected chi connectivity index (χ2v) is 8.69. The molecule has 0 bridgehead atoms. The molecule has 138 valence electrons. The number of nitrogens with one attached hydrogen (secondary N) is 1. The quantitative estimate of drug-likeness (QED) is 0.882. The summed E-state index contributed by atoms with van der Waals surface area (Å²) < 4.78 is 0. The van der Waals surface area contributed by atoms with Gasteiger partial charge >= 0.3 is 0 Å². The van der Waals surface area contributed by atoms with E-state index in [1.165, 1.54) is 56.5 Å². The van der Waals surface area contributed by atoms with Gasteiger partial charge in [-0.3, -0.25) is 4.79 Å². The van der Waals surface area contributed by atoms with Crippen LogP contribution in [0.3, 0.4) is 0 Å². The van der Waals surface area contributed by atoms with E-state index in [0.29, 0.717) is 12.0 Å². The van der Waals surface area contributed by atoms with E-state index >= 15 is 0 Å². The van der Waals surface area contributed by atoms with Gasteiger partial charge in [-0.25, -0.2) is 4.98 Å². The molecule has 0 aliphatic carbocycles. The van der Waals surface area contributed by atoms with Gasteiger partial charge in [-0.05, 0) is 51.6 Å². The lowest BCUT2D eigenvalue weighted by molar-refractivity contribution is 0.0576. The number of benzene rings is 1. The molecule has 1 aromatic heterocycles. The highest BCUT2D eigenvalue weighted by Crippen LogP contribution is 2.31. The van der Waals surface area contributed by atoms with Crippen LogP contribution in [0, 0.1) is 12.8 Å². The number of aryl methyl sites for hydroxylation is 1. The molecule has 0 saturated carbocycles. The maximum Gasteiger partial charge on any atom is 0.263 e. The van der Waals surface area contributed by atoms with Gasteiger partial charge in [0, 0.05) is 18.2 Å². The molecule has 2 atom stereocenters. The minimum Gasteiger partial charge on any atom is -0.351 e. The molecule has 26 heavy (non-hydrogen) atoms. The van der Waals surface area contributed by atoms with Crippen molar-refractivity contribution in [3.63, 3.8) is 0 Å². The third kappa shape index (κ3) is 3.69. The molecule has 4 rings (SSSR count). The number of piperidine rings is 2. The van der Waals surface area contributed by atoms with Crippen molar-refractivity contribution >= 4 is 17.2 Å². The predicted molar refractivity (Wildman–Crippen MR) is 107 cm³/mol. The maximum atomic E-state index is 12.9. The summed E-state index contributed by atoms with van der Waals surface area (Å²) in [5.41, 5.74) is 1.83. The molecule has 3 heterocycles. The highest BCUT2D eigenvalue weighted by molar-refractivity contribution is 7.14. The Bertz CT molecular complexity index is 756. The van der Waals surface area contributed by atoms with E-state index in [1.54, 1.807) is 0 Å². The number of aromatic nitrogens is 1. The van der Waals surface area contributed by atoms with Gasteiger partial charge in [-0.2, -0.15) is 0 Å². The van der Waals surface area contributed by atoms with Crippen molar-refractivity contribution in [2.45, 2.75) is 45.1 Å². The molecular formula is C21H27N3OS. The van der Waals surface area contributed by atoms with Gasteiger partial charge in [-0.15, -0.1) is 11.3 Å². The molecule has 2 aliphatic heterocycles. The molecule has 2 aromatic rings. The van der Waals surface area contributed by atoms with Crippen LogP contribution < -0.4 is 5.32 Å². The average Bonchev–Trinajstić information content (AvgIpc) is 3.08. The minimum atomic E-state index is 0.0300. The lowest BCUT2D eigenvalue weighted by atomic mass is 9.83. The van der Waals surface area contributed by atoms with Gasteiger partial charge in [-0.1, -0.05) is 36.8 Å². The Balaban J connectivity index is 1.46. The van der Waals surface area contributed by atoms with Crippen LogP contribution in [0.5, 0.6) is 0 Å². The van der Waals surface area contributed by atoms with E-state index in [9.17, 15) is 4.79 Å². The molecule has 1 aromatic carbocycles. The van der Waals surface area contributed by atoms with Crippen molar-refractivity contribution in [3.8, 4) is 11.3 Å². The number of thiazole rings is 1. The number of hydrogen-bond acceptors (Lipinski definition) is 4. The molecule has 4 nitrogen and oxygen atoms in total. The smallest absolute Gasteiger partial charge is 0.263 e. The van der Waals surface area contributed by atoms with Crippen molar-refractivity contribution in [1.29, 1.82) is 0 Å². The van der Waals surface area contributed by atoms with Gasteiger partial charge in [0.05, 0.1) is 10.7 Å². The summed E-state index contributed by atoms with van der Waals surface area (Å²) in [7, 11) is 0. The molecular weight excluding hydrogens is 342 g/mol. The number of hydrogen-bond donors (Lipinski definition) is 1. The van der Waals surface area contributed by atoms with Crippen LogP contribution in [0.25, 0.3) is 11.3 Å². The number of nitrogens with zero attached hydrogens (tertiary/aromatic N) is 2. The van der Waals surface area contributed by atoms with Gasteiger partial charge in [0.15, 0.2) is 0 Å². The summed E-state index contributed by atoms with van der Waals surface area (Å²) in [5, 5.41) is 4.17. The molecule has 2 fully saturated rings. The van der Waals surface area contributed by atoms with Crippen LogP contribution in [0.4, 0.5) is 0 Å². The average molecular weight is 370 g/mol. The lowest BCUT2D eigenvalue weighted by Crippen LogP contribution is -2.50. The highest BCUT2D eigenvalue weighted by Gasteiger charge is 2.33. The SMILES string of the molecule is Cc1nc(-c2ccccc2)c(C(=O)NC[C@@H]2CCCN3CCCC[C@H]23)s1. The van der Waals surface area contributed by atoms with Crippen LogP contribution in [0.2, 0.25) is 0 Å². The molecule has 0 spiro atoms. The summed E-state index contributed by atoms with van der Waals surface area (Å²) in [6.07, 6.45) is 6.43. The van der Waals surface area contributed by atoms with E-state index in [4.69, 9.17) is 0 Å². The molecule has 0 unspecified atom stereocenters. The molecule has 5 heteroatoms. The Morgan fingerprint density at radius 1 is 1.19 bits per heavy atom. The first-order valence-corrected chi connectivity index (χ1v) is 10.6. The fraction of sp³-hybridized carbons (Fsp3) is 0.524. The highest BCUT2D eigenvalue weighted by atomic mass is 32.1. The summed E-state index contributed by atoms with van der Waals surface area (Å²) >= 11 is 1.49. The van der Waals surface area contributed by atoms with E-state index < -0.39 is 0 Å². The third-order valence-electron chi connectivity index (χ3n) is 5.74. The van der Waals surface area contributed by atoms with Gasteiger partial charge < -0.3 is 10.2 Å². The van der Waals surface area contributed by atoms with Crippen molar-refractivity contribution in [1.82, 2.24) is 15.2 Å². The molecule has 1 N–H and O–H groups in total. The van der Waals surface area contributed by atoms with Crippen molar-refractivity contribution < 1.29 is 4.79 Å². The first-order chi connectivity index (χ1) is 12.7. The van der Waals surface area contributed by atoms with Crippen molar-refractivity contribution in [2.24, 2.45) is 5.92 Å². The van der Waals surface area contributed by atoms with Crippen molar-refractivity contribution in [2.75, 3.05) is 19.6 Å². The summed E-state index contributed by atoms with van der Waals surface area (Å²) in [5.74, 6) is 0.615.